The lowest BCUT2D eigenvalue weighted by Crippen LogP contribution is -2.27. The highest BCUT2D eigenvalue weighted by molar-refractivity contribution is 8.18. The van der Waals surface area contributed by atoms with Crippen molar-refractivity contribution >= 4 is 57.9 Å². The topological polar surface area (TPSA) is 89.8 Å². The van der Waals surface area contributed by atoms with Gasteiger partial charge in [0, 0.05) is 27.7 Å². The summed E-state index contributed by atoms with van der Waals surface area (Å²) < 4.78 is 5.82. The lowest BCUT2D eigenvalue weighted by atomic mass is 10.2. The Labute approximate surface area is 209 Å². The summed E-state index contributed by atoms with van der Waals surface area (Å²) in [7, 11) is 0. The van der Waals surface area contributed by atoms with E-state index in [9.17, 15) is 19.7 Å². The zero-order valence-corrected chi connectivity index (χ0v) is 19.8. The molecular weight excluding hydrogens is 499 g/mol. The molecule has 0 unspecified atom stereocenters. The van der Waals surface area contributed by atoms with E-state index in [0.717, 1.165) is 22.2 Å². The minimum Gasteiger partial charge on any atom is -0.489 e. The zero-order valence-electron chi connectivity index (χ0n) is 17.4. The van der Waals surface area contributed by atoms with E-state index in [0.29, 0.717) is 26.9 Å². The molecule has 3 aromatic carbocycles. The van der Waals surface area contributed by atoms with E-state index in [2.05, 4.69) is 0 Å². The van der Waals surface area contributed by atoms with Crippen molar-refractivity contribution in [3.63, 3.8) is 0 Å². The standard InChI is InChI=1S/C24H16Cl2N2O5S/c25-18-7-6-17(21(26)12-18)14-33-20-3-1-2-16(10-20)11-22-23(29)27(24(30)34-22)13-15-4-8-19(9-5-15)28(31)32/h1-12H,13-14H2/b22-11+. The third-order valence-corrected chi connectivity index (χ3v) is 6.42. The maximum Gasteiger partial charge on any atom is 0.293 e. The predicted molar refractivity (Wildman–Crippen MR) is 132 cm³/mol. The second kappa shape index (κ2) is 10.3. The van der Waals surface area contributed by atoms with Crippen LogP contribution in [0.3, 0.4) is 0 Å². The average Bonchev–Trinajstić information content (AvgIpc) is 3.06. The van der Waals surface area contributed by atoms with Crippen LogP contribution in [0.15, 0.2) is 71.6 Å². The first-order valence-corrected chi connectivity index (χ1v) is 11.5. The van der Waals surface area contributed by atoms with Crippen LogP contribution in [0.25, 0.3) is 6.08 Å². The lowest BCUT2D eigenvalue weighted by molar-refractivity contribution is -0.384. The minimum atomic E-state index is -0.505. The molecule has 34 heavy (non-hydrogen) atoms. The Bertz CT molecular complexity index is 1310. The molecule has 0 spiro atoms. The highest BCUT2D eigenvalue weighted by Crippen LogP contribution is 2.34. The maximum atomic E-state index is 12.8. The van der Waals surface area contributed by atoms with Crippen molar-refractivity contribution in [3.8, 4) is 5.75 Å². The Balaban J connectivity index is 1.44. The molecule has 0 saturated carbocycles. The highest BCUT2D eigenvalue weighted by atomic mass is 35.5. The molecule has 1 heterocycles. The molecule has 1 aliphatic rings. The molecule has 172 valence electrons. The van der Waals surface area contributed by atoms with Gasteiger partial charge in [-0.15, -0.1) is 0 Å². The van der Waals surface area contributed by atoms with Gasteiger partial charge in [0.25, 0.3) is 16.8 Å². The van der Waals surface area contributed by atoms with Gasteiger partial charge in [0.1, 0.15) is 12.4 Å². The third-order valence-electron chi connectivity index (χ3n) is 4.93. The van der Waals surface area contributed by atoms with Crippen molar-refractivity contribution in [2.75, 3.05) is 0 Å². The molecule has 1 aliphatic heterocycles. The molecule has 0 aromatic heterocycles. The largest absolute Gasteiger partial charge is 0.489 e. The van der Waals surface area contributed by atoms with Crippen LogP contribution in [0.1, 0.15) is 16.7 Å². The first-order chi connectivity index (χ1) is 16.3. The number of nitrogens with zero attached hydrogens (tertiary/aromatic N) is 2. The molecule has 0 N–H and O–H groups in total. The van der Waals surface area contributed by atoms with Crippen LogP contribution in [0, 0.1) is 10.1 Å². The number of halogens is 2. The Morgan fingerprint density at radius 2 is 1.79 bits per heavy atom. The number of thioether (sulfide) groups is 1. The average molecular weight is 515 g/mol. The number of amides is 2. The van der Waals surface area contributed by atoms with Crippen LogP contribution in [-0.4, -0.2) is 21.0 Å². The van der Waals surface area contributed by atoms with Crippen molar-refractivity contribution < 1.29 is 19.2 Å². The summed E-state index contributed by atoms with van der Waals surface area (Å²) in [4.78, 5) is 36.9. The van der Waals surface area contributed by atoms with Crippen LogP contribution >= 0.6 is 35.0 Å². The molecule has 10 heteroatoms. The van der Waals surface area contributed by atoms with Crippen molar-refractivity contribution in [1.82, 2.24) is 4.90 Å². The predicted octanol–water partition coefficient (Wildman–Crippen LogP) is 6.72. The summed E-state index contributed by atoms with van der Waals surface area (Å²) in [5.41, 5.74) is 2.04. The van der Waals surface area contributed by atoms with Crippen LogP contribution in [0.4, 0.5) is 10.5 Å². The van der Waals surface area contributed by atoms with Crippen LogP contribution in [0.2, 0.25) is 10.0 Å². The Hall–Kier alpha value is -3.33. The van der Waals surface area contributed by atoms with Gasteiger partial charge in [-0.3, -0.25) is 24.6 Å². The van der Waals surface area contributed by atoms with E-state index >= 15 is 0 Å². The summed E-state index contributed by atoms with van der Waals surface area (Å²) in [6.45, 7) is 0.274. The fourth-order valence-corrected chi connectivity index (χ4v) is 4.49. The van der Waals surface area contributed by atoms with Gasteiger partial charge in [-0.2, -0.15) is 0 Å². The summed E-state index contributed by atoms with van der Waals surface area (Å²) in [6, 6.07) is 18.0. The Morgan fingerprint density at radius 3 is 2.50 bits per heavy atom. The SMILES string of the molecule is O=C1S/C(=C/c2cccc(OCc3ccc(Cl)cc3Cl)c2)C(=O)N1Cc1ccc([N+](=O)[O-])cc1. The van der Waals surface area contributed by atoms with Gasteiger partial charge in [-0.05, 0) is 53.2 Å². The fourth-order valence-electron chi connectivity index (χ4n) is 3.19. The van der Waals surface area contributed by atoms with Gasteiger partial charge in [0.05, 0.1) is 16.4 Å². The number of non-ortho nitro benzene ring substituents is 1. The number of carbonyl (C=O) groups is 2. The molecule has 0 atom stereocenters. The summed E-state index contributed by atoms with van der Waals surface area (Å²) >= 11 is 12.9. The van der Waals surface area contributed by atoms with E-state index in [-0.39, 0.29) is 23.7 Å². The van der Waals surface area contributed by atoms with E-state index in [1.807, 2.05) is 0 Å². The quantitative estimate of drug-likeness (QED) is 0.197. The lowest BCUT2D eigenvalue weighted by Gasteiger charge is -2.12. The minimum absolute atomic E-state index is 0.0327. The molecule has 0 aliphatic carbocycles. The number of hydrogen-bond acceptors (Lipinski definition) is 6. The number of carbonyl (C=O) groups excluding carboxylic acids is 2. The molecule has 2 amide bonds. The van der Waals surface area contributed by atoms with Gasteiger partial charge in [-0.1, -0.05) is 53.5 Å². The van der Waals surface area contributed by atoms with Gasteiger partial charge < -0.3 is 4.74 Å². The van der Waals surface area contributed by atoms with E-state index < -0.39 is 16.1 Å². The molecule has 0 bridgehead atoms. The second-order valence-electron chi connectivity index (χ2n) is 7.29. The highest BCUT2D eigenvalue weighted by Gasteiger charge is 2.35. The van der Waals surface area contributed by atoms with Gasteiger partial charge in [-0.25, -0.2) is 0 Å². The zero-order chi connectivity index (χ0) is 24.2. The van der Waals surface area contributed by atoms with E-state index in [1.54, 1.807) is 48.5 Å². The van der Waals surface area contributed by atoms with Gasteiger partial charge in [0.15, 0.2) is 0 Å². The number of ether oxygens (including phenoxy) is 1. The molecule has 7 nitrogen and oxygen atoms in total. The van der Waals surface area contributed by atoms with Gasteiger partial charge in [0.2, 0.25) is 0 Å². The monoisotopic (exact) mass is 514 g/mol. The normalized spacial score (nSPS) is 14.6. The fraction of sp³-hybridized carbons (Fsp3) is 0.0833. The number of rotatable bonds is 7. The number of benzene rings is 3. The number of nitro benzene ring substituents is 1. The maximum absolute atomic E-state index is 12.8. The Kier molecular flexibility index (Phi) is 7.21. The molecule has 3 aromatic rings. The molecule has 4 rings (SSSR count). The van der Waals surface area contributed by atoms with Gasteiger partial charge >= 0.3 is 0 Å². The van der Waals surface area contributed by atoms with E-state index in [1.165, 1.54) is 24.3 Å². The Morgan fingerprint density at radius 1 is 1.03 bits per heavy atom. The van der Waals surface area contributed by atoms with Crippen molar-refractivity contribution in [3.05, 3.63) is 108 Å². The summed E-state index contributed by atoms with van der Waals surface area (Å²) in [5.74, 6) is 0.150. The molecule has 1 saturated heterocycles. The number of hydrogen-bond donors (Lipinski definition) is 0. The second-order valence-corrected chi connectivity index (χ2v) is 9.13. The number of imide groups is 1. The summed E-state index contributed by atoms with van der Waals surface area (Å²) in [5, 5.41) is 11.4. The van der Waals surface area contributed by atoms with Crippen LogP contribution in [0.5, 0.6) is 5.75 Å². The summed E-state index contributed by atoms with van der Waals surface area (Å²) in [6.07, 6.45) is 1.63. The van der Waals surface area contributed by atoms with Crippen LogP contribution < -0.4 is 4.74 Å². The van der Waals surface area contributed by atoms with Crippen LogP contribution in [-0.2, 0) is 17.9 Å². The first kappa shape index (κ1) is 23.8. The van der Waals surface area contributed by atoms with Crippen molar-refractivity contribution in [1.29, 1.82) is 0 Å². The molecule has 1 fully saturated rings. The molecular formula is C24H16Cl2N2O5S. The van der Waals surface area contributed by atoms with Crippen molar-refractivity contribution in [2.24, 2.45) is 0 Å². The smallest absolute Gasteiger partial charge is 0.293 e. The molecule has 0 radical (unpaired) electrons. The first-order valence-electron chi connectivity index (χ1n) is 9.95. The van der Waals surface area contributed by atoms with E-state index in [4.69, 9.17) is 27.9 Å². The number of nitro groups is 1. The van der Waals surface area contributed by atoms with Crippen molar-refractivity contribution in [2.45, 2.75) is 13.2 Å². The third kappa shape index (κ3) is 5.59.